The van der Waals surface area contributed by atoms with Gasteiger partial charge in [0.05, 0.1) is 18.0 Å². The summed E-state index contributed by atoms with van der Waals surface area (Å²) in [5.41, 5.74) is 0.344. The third kappa shape index (κ3) is 2.79. The second-order valence-corrected chi connectivity index (χ2v) is 6.51. The molecule has 2 heterocycles. The molecule has 7 heteroatoms. The Morgan fingerprint density at radius 2 is 2.28 bits per heavy atom. The Morgan fingerprint density at radius 1 is 1.56 bits per heavy atom. The molecule has 0 aliphatic carbocycles. The van der Waals surface area contributed by atoms with Gasteiger partial charge in [-0.1, -0.05) is 13.8 Å². The van der Waals surface area contributed by atoms with E-state index in [9.17, 15) is 13.2 Å². The molecule has 18 heavy (non-hydrogen) atoms. The molecular formula is C11H15N3O3S. The summed E-state index contributed by atoms with van der Waals surface area (Å²) in [5, 5.41) is 3.76. The van der Waals surface area contributed by atoms with Crippen LogP contribution in [0.1, 0.15) is 36.1 Å². The molecule has 0 bridgehead atoms. The van der Waals surface area contributed by atoms with Crippen molar-refractivity contribution in [3.8, 4) is 0 Å². The van der Waals surface area contributed by atoms with E-state index in [1.165, 1.54) is 12.3 Å². The lowest BCUT2D eigenvalue weighted by Crippen LogP contribution is -2.35. The largest absolute Gasteiger partial charge is 0.343 e. The topological polar surface area (TPSA) is 91.9 Å². The minimum Gasteiger partial charge on any atom is -0.343 e. The molecule has 0 saturated carbocycles. The van der Waals surface area contributed by atoms with Crippen LogP contribution >= 0.6 is 0 Å². The summed E-state index contributed by atoms with van der Waals surface area (Å²) in [5.74, 6) is 0.512. The van der Waals surface area contributed by atoms with Crippen molar-refractivity contribution in [2.75, 3.05) is 5.75 Å². The number of nitrogens with one attached hydrogen (secondary N) is 2. The van der Waals surface area contributed by atoms with E-state index >= 15 is 0 Å². The maximum atomic E-state index is 11.8. The maximum Gasteiger partial charge on any atom is 0.269 e. The lowest BCUT2D eigenvalue weighted by Gasteiger charge is -2.08. The normalized spacial score (nSPS) is 21.4. The highest BCUT2D eigenvalue weighted by Gasteiger charge is 2.24. The zero-order valence-corrected chi connectivity index (χ0v) is 11.0. The van der Waals surface area contributed by atoms with E-state index < -0.39 is 15.9 Å². The molecule has 1 aromatic heterocycles. The van der Waals surface area contributed by atoms with E-state index in [0.717, 1.165) is 11.2 Å². The molecule has 2 N–H and O–H groups in total. The van der Waals surface area contributed by atoms with Gasteiger partial charge in [-0.2, -0.15) is 0 Å². The quantitative estimate of drug-likeness (QED) is 0.839. The van der Waals surface area contributed by atoms with Gasteiger partial charge in [-0.15, -0.1) is 0 Å². The number of H-pyrrole nitrogens is 1. The standard InChI is InChI=1S/C11H15N3O3S/c1-7(2)10-12-5-9(14-10)11(15)13-8-3-4-18(16,17)6-8/h3-5,7-8H,6H2,1-2H3,(H,12,14)(H,13,15). The second-order valence-electron chi connectivity index (χ2n) is 4.57. The van der Waals surface area contributed by atoms with Crippen LogP contribution in [0.4, 0.5) is 0 Å². The van der Waals surface area contributed by atoms with Crippen molar-refractivity contribution >= 4 is 15.7 Å². The molecule has 0 saturated heterocycles. The van der Waals surface area contributed by atoms with E-state index in [1.54, 1.807) is 0 Å². The van der Waals surface area contributed by atoms with Crippen LogP contribution in [-0.4, -0.2) is 36.1 Å². The van der Waals surface area contributed by atoms with Crippen LogP contribution in [0.15, 0.2) is 17.7 Å². The Labute approximate surface area is 105 Å². The number of aromatic nitrogens is 2. The number of hydrogen-bond acceptors (Lipinski definition) is 4. The molecule has 0 spiro atoms. The third-order valence-electron chi connectivity index (χ3n) is 2.63. The summed E-state index contributed by atoms with van der Waals surface area (Å²) in [6.07, 6.45) is 2.94. The summed E-state index contributed by atoms with van der Waals surface area (Å²) >= 11 is 0. The van der Waals surface area contributed by atoms with Crippen molar-refractivity contribution in [2.24, 2.45) is 0 Å². The van der Waals surface area contributed by atoms with Crippen molar-refractivity contribution in [3.05, 3.63) is 29.2 Å². The summed E-state index contributed by atoms with van der Waals surface area (Å²) in [6.45, 7) is 3.93. The molecular weight excluding hydrogens is 254 g/mol. The molecule has 1 aliphatic heterocycles. The summed E-state index contributed by atoms with van der Waals surface area (Å²) in [6, 6.07) is -0.465. The summed E-state index contributed by atoms with van der Waals surface area (Å²) in [4.78, 5) is 18.8. The van der Waals surface area contributed by atoms with Crippen molar-refractivity contribution in [2.45, 2.75) is 25.8 Å². The number of amides is 1. The Bertz CT molecular complexity index is 586. The number of carbonyl (C=O) groups is 1. The third-order valence-corrected chi connectivity index (χ3v) is 4.03. The number of sulfone groups is 1. The van der Waals surface area contributed by atoms with Crippen molar-refractivity contribution in [3.63, 3.8) is 0 Å². The molecule has 6 nitrogen and oxygen atoms in total. The predicted molar refractivity (Wildman–Crippen MR) is 66.9 cm³/mol. The first-order valence-corrected chi connectivity index (χ1v) is 7.35. The van der Waals surface area contributed by atoms with Crippen LogP contribution in [0, 0.1) is 0 Å². The van der Waals surface area contributed by atoms with Gasteiger partial charge < -0.3 is 10.3 Å². The van der Waals surface area contributed by atoms with Gasteiger partial charge in [0.25, 0.3) is 5.91 Å². The lowest BCUT2D eigenvalue weighted by molar-refractivity contribution is 0.0943. The number of hydrogen-bond donors (Lipinski definition) is 2. The number of imidazole rings is 1. The molecule has 0 fully saturated rings. The number of aromatic amines is 1. The predicted octanol–water partition coefficient (Wildman–Crippen LogP) is 0.574. The van der Waals surface area contributed by atoms with Gasteiger partial charge in [0.2, 0.25) is 0 Å². The molecule has 0 radical (unpaired) electrons. The van der Waals surface area contributed by atoms with Gasteiger partial charge in [0, 0.05) is 11.3 Å². The molecule has 1 atom stereocenters. The van der Waals surface area contributed by atoms with Crippen molar-refractivity contribution in [1.29, 1.82) is 0 Å². The number of nitrogens with zero attached hydrogens (tertiary/aromatic N) is 1. The van der Waals surface area contributed by atoms with E-state index in [1.807, 2.05) is 13.8 Å². The van der Waals surface area contributed by atoms with Crippen LogP contribution < -0.4 is 5.32 Å². The fraction of sp³-hybridized carbons (Fsp3) is 0.455. The van der Waals surface area contributed by atoms with E-state index in [-0.39, 0.29) is 17.6 Å². The zero-order chi connectivity index (χ0) is 13.3. The van der Waals surface area contributed by atoms with E-state index in [4.69, 9.17) is 0 Å². The van der Waals surface area contributed by atoms with Gasteiger partial charge in [-0.25, -0.2) is 13.4 Å². The minimum absolute atomic E-state index is 0.0794. The highest BCUT2D eigenvalue weighted by molar-refractivity contribution is 7.94. The fourth-order valence-corrected chi connectivity index (χ4v) is 2.89. The fourth-order valence-electron chi connectivity index (χ4n) is 1.66. The van der Waals surface area contributed by atoms with Crippen LogP contribution in [0.25, 0.3) is 0 Å². The van der Waals surface area contributed by atoms with Gasteiger partial charge in [0.1, 0.15) is 11.5 Å². The van der Waals surface area contributed by atoms with Crippen LogP contribution in [0.3, 0.4) is 0 Å². The molecule has 1 aromatic rings. The SMILES string of the molecule is CC(C)c1ncc(C(=O)NC2C=CS(=O)(=O)C2)[nH]1. The average molecular weight is 269 g/mol. The first-order valence-electron chi connectivity index (χ1n) is 5.64. The van der Waals surface area contributed by atoms with E-state index in [2.05, 4.69) is 15.3 Å². The average Bonchev–Trinajstić information content (AvgIpc) is 2.85. The molecule has 1 unspecified atom stereocenters. The Kier molecular flexibility index (Phi) is 3.25. The maximum absolute atomic E-state index is 11.8. The smallest absolute Gasteiger partial charge is 0.269 e. The monoisotopic (exact) mass is 269 g/mol. The first-order chi connectivity index (χ1) is 8.37. The van der Waals surface area contributed by atoms with Crippen LogP contribution in [0.5, 0.6) is 0 Å². The number of rotatable bonds is 3. The van der Waals surface area contributed by atoms with Crippen molar-refractivity contribution < 1.29 is 13.2 Å². The molecule has 0 aromatic carbocycles. The van der Waals surface area contributed by atoms with Gasteiger partial charge in [0.15, 0.2) is 9.84 Å². The summed E-state index contributed by atoms with van der Waals surface area (Å²) in [7, 11) is -3.15. The molecule has 98 valence electrons. The Morgan fingerprint density at radius 3 is 2.78 bits per heavy atom. The molecule has 1 amide bonds. The van der Waals surface area contributed by atoms with Crippen LogP contribution in [0.2, 0.25) is 0 Å². The van der Waals surface area contributed by atoms with Gasteiger partial charge >= 0.3 is 0 Å². The number of carbonyl (C=O) groups excluding carboxylic acids is 1. The zero-order valence-electron chi connectivity index (χ0n) is 10.2. The molecule has 2 rings (SSSR count). The Hall–Kier alpha value is -1.63. The van der Waals surface area contributed by atoms with Crippen LogP contribution in [-0.2, 0) is 9.84 Å². The lowest BCUT2D eigenvalue weighted by atomic mass is 10.2. The van der Waals surface area contributed by atoms with E-state index in [0.29, 0.717) is 5.69 Å². The van der Waals surface area contributed by atoms with Gasteiger partial charge in [-0.3, -0.25) is 4.79 Å². The summed E-state index contributed by atoms with van der Waals surface area (Å²) < 4.78 is 22.4. The minimum atomic E-state index is -3.15. The highest BCUT2D eigenvalue weighted by atomic mass is 32.2. The second kappa shape index (κ2) is 4.56. The highest BCUT2D eigenvalue weighted by Crippen LogP contribution is 2.11. The molecule has 1 aliphatic rings. The van der Waals surface area contributed by atoms with Gasteiger partial charge in [-0.05, 0) is 6.08 Å². The first kappa shape index (κ1) is 12.8. The Balaban J connectivity index is 2.02. The van der Waals surface area contributed by atoms with Crippen molar-refractivity contribution in [1.82, 2.24) is 15.3 Å².